The van der Waals surface area contributed by atoms with Crippen molar-refractivity contribution >= 4 is 11.7 Å². The molecule has 0 fully saturated rings. The molecule has 2 amide bonds. The average molecular weight is 371 g/mol. The predicted molar refractivity (Wildman–Crippen MR) is 94.8 cm³/mol. The molecule has 1 aromatic heterocycles. The minimum Gasteiger partial charge on any atom is -0.348 e. The summed E-state index contributed by atoms with van der Waals surface area (Å²) in [6.07, 6.45) is 1.87. The van der Waals surface area contributed by atoms with Crippen LogP contribution in [0.25, 0.3) is 0 Å². The number of nitrogens with one attached hydrogen (secondary N) is 1. The van der Waals surface area contributed by atoms with Gasteiger partial charge in [-0.15, -0.1) is 0 Å². The Labute approximate surface area is 153 Å². The predicted octanol–water partition coefficient (Wildman–Crippen LogP) is 4.54. The van der Waals surface area contributed by atoms with E-state index in [9.17, 15) is 18.0 Å². The van der Waals surface area contributed by atoms with Crippen molar-refractivity contribution in [3.63, 3.8) is 0 Å². The Balaban J connectivity index is 1.71. The van der Waals surface area contributed by atoms with Gasteiger partial charge in [0.1, 0.15) is 5.82 Å². The van der Waals surface area contributed by atoms with Crippen molar-refractivity contribution in [3.05, 3.63) is 89.5 Å². The second-order valence-corrected chi connectivity index (χ2v) is 6.31. The number of amides is 2. The van der Waals surface area contributed by atoms with Gasteiger partial charge in [-0.05, 0) is 42.0 Å². The lowest BCUT2D eigenvalue weighted by Crippen LogP contribution is -2.44. The molecule has 0 unspecified atom stereocenters. The van der Waals surface area contributed by atoms with Crippen LogP contribution in [0.3, 0.4) is 0 Å². The van der Waals surface area contributed by atoms with E-state index >= 15 is 0 Å². The van der Waals surface area contributed by atoms with Gasteiger partial charge in [0, 0.05) is 25.0 Å². The smallest absolute Gasteiger partial charge is 0.322 e. The number of halogens is 3. The van der Waals surface area contributed by atoms with Gasteiger partial charge in [0.05, 0.1) is 11.7 Å². The van der Waals surface area contributed by atoms with Gasteiger partial charge in [-0.1, -0.05) is 18.2 Å². The number of urea groups is 1. The van der Waals surface area contributed by atoms with Gasteiger partial charge in [0.15, 0.2) is 11.6 Å². The van der Waals surface area contributed by atoms with Crippen LogP contribution < -0.4 is 5.32 Å². The highest BCUT2D eigenvalue weighted by atomic mass is 19.2. The number of benzene rings is 2. The third kappa shape index (κ3) is 3.16. The molecule has 4 rings (SSSR count). The van der Waals surface area contributed by atoms with Gasteiger partial charge in [0.25, 0.3) is 0 Å². The fourth-order valence-corrected chi connectivity index (χ4v) is 3.38. The lowest BCUT2D eigenvalue weighted by Gasteiger charge is -2.37. The summed E-state index contributed by atoms with van der Waals surface area (Å²) in [5.74, 6) is -2.48. The molecule has 7 heteroatoms. The minimum atomic E-state index is -0.981. The minimum absolute atomic E-state index is 0.0625. The highest BCUT2D eigenvalue weighted by Crippen LogP contribution is 2.33. The molecular formula is C20H16F3N3O. The topological polar surface area (TPSA) is 37.3 Å². The number of rotatable bonds is 2. The fraction of sp³-hybridized carbons (Fsp3) is 0.150. The van der Waals surface area contributed by atoms with Gasteiger partial charge in [-0.3, -0.25) is 0 Å². The van der Waals surface area contributed by atoms with Crippen LogP contribution in [0.2, 0.25) is 0 Å². The van der Waals surface area contributed by atoms with E-state index in [-0.39, 0.29) is 5.69 Å². The van der Waals surface area contributed by atoms with E-state index in [1.54, 1.807) is 6.07 Å². The molecule has 1 aliphatic heterocycles. The standard InChI is InChI=1S/C20H16F3N3O/c21-14-8-7-13(12-16(14)23)19-18-6-3-9-25(18)10-11-26(19)20(27)24-17-5-2-1-4-15(17)22/h1-9,12,19H,10-11H2,(H,24,27)/t19-/m1/s1. The third-order valence-corrected chi connectivity index (χ3v) is 4.67. The van der Waals surface area contributed by atoms with Crippen LogP contribution in [-0.4, -0.2) is 22.0 Å². The van der Waals surface area contributed by atoms with Crippen molar-refractivity contribution in [3.8, 4) is 0 Å². The van der Waals surface area contributed by atoms with Crippen LogP contribution in [-0.2, 0) is 6.54 Å². The van der Waals surface area contributed by atoms with Gasteiger partial charge >= 0.3 is 6.03 Å². The first-order valence-electron chi connectivity index (χ1n) is 8.47. The van der Waals surface area contributed by atoms with E-state index in [0.29, 0.717) is 18.7 Å². The number of para-hydroxylation sites is 1. The Bertz CT molecular complexity index is 1000. The first-order valence-corrected chi connectivity index (χ1v) is 8.47. The summed E-state index contributed by atoms with van der Waals surface area (Å²) in [6, 6.07) is 12.0. The molecule has 0 radical (unpaired) electrons. The number of fused-ring (bicyclic) bond motifs is 1. The molecule has 0 saturated carbocycles. The quantitative estimate of drug-likeness (QED) is 0.705. The van der Waals surface area contributed by atoms with E-state index in [4.69, 9.17) is 0 Å². The number of nitrogens with zero attached hydrogens (tertiary/aromatic N) is 2. The van der Waals surface area contributed by atoms with Gasteiger partial charge in [-0.2, -0.15) is 0 Å². The van der Waals surface area contributed by atoms with Gasteiger partial charge < -0.3 is 14.8 Å². The highest BCUT2D eigenvalue weighted by Gasteiger charge is 2.33. The zero-order valence-corrected chi connectivity index (χ0v) is 14.2. The molecule has 1 aliphatic rings. The number of carbonyl (C=O) groups excluding carboxylic acids is 1. The van der Waals surface area contributed by atoms with E-state index in [2.05, 4.69) is 5.32 Å². The summed E-state index contributed by atoms with van der Waals surface area (Å²) in [5.41, 5.74) is 1.28. The third-order valence-electron chi connectivity index (χ3n) is 4.67. The second kappa shape index (κ2) is 6.83. The molecule has 1 N–H and O–H groups in total. The molecule has 0 saturated heterocycles. The fourth-order valence-electron chi connectivity index (χ4n) is 3.38. The van der Waals surface area contributed by atoms with E-state index in [0.717, 1.165) is 17.8 Å². The molecule has 2 heterocycles. The maximum Gasteiger partial charge on any atom is 0.322 e. The van der Waals surface area contributed by atoms with Crippen molar-refractivity contribution in [2.75, 3.05) is 11.9 Å². The monoisotopic (exact) mass is 371 g/mol. The zero-order valence-electron chi connectivity index (χ0n) is 14.2. The highest BCUT2D eigenvalue weighted by molar-refractivity contribution is 5.90. The molecule has 2 aromatic carbocycles. The summed E-state index contributed by atoms with van der Waals surface area (Å²) in [4.78, 5) is 14.4. The Hall–Kier alpha value is -3.22. The molecule has 1 atom stereocenters. The van der Waals surface area contributed by atoms with Crippen LogP contribution >= 0.6 is 0 Å². The molecule has 138 valence electrons. The van der Waals surface area contributed by atoms with Gasteiger partial charge in [0.2, 0.25) is 0 Å². The van der Waals surface area contributed by atoms with E-state index in [1.807, 2.05) is 22.9 Å². The summed E-state index contributed by atoms with van der Waals surface area (Å²) in [5, 5.41) is 2.56. The molecule has 4 nitrogen and oxygen atoms in total. The van der Waals surface area contributed by atoms with Crippen LogP contribution in [0.5, 0.6) is 0 Å². The van der Waals surface area contributed by atoms with Crippen molar-refractivity contribution in [2.45, 2.75) is 12.6 Å². The normalized spacial score (nSPS) is 16.1. The second-order valence-electron chi connectivity index (χ2n) is 6.31. The number of aromatic nitrogens is 1. The first-order chi connectivity index (χ1) is 13.0. The number of carbonyl (C=O) groups is 1. The largest absolute Gasteiger partial charge is 0.348 e. The summed E-state index contributed by atoms with van der Waals surface area (Å²) in [7, 11) is 0. The van der Waals surface area contributed by atoms with Crippen LogP contribution in [0.15, 0.2) is 60.8 Å². The maximum atomic E-state index is 13.9. The number of hydrogen-bond donors (Lipinski definition) is 1. The van der Waals surface area contributed by atoms with Crippen molar-refractivity contribution in [1.29, 1.82) is 0 Å². The molecule has 0 spiro atoms. The van der Waals surface area contributed by atoms with E-state index < -0.39 is 29.5 Å². The molecular weight excluding hydrogens is 355 g/mol. The SMILES string of the molecule is O=C(Nc1ccccc1F)N1CCn2cccc2[C@H]1c1ccc(F)c(F)c1. The summed E-state index contributed by atoms with van der Waals surface area (Å²) >= 11 is 0. The molecule has 0 bridgehead atoms. The molecule has 0 aliphatic carbocycles. The Morgan fingerprint density at radius 3 is 2.52 bits per heavy atom. The lowest BCUT2D eigenvalue weighted by atomic mass is 10.00. The number of hydrogen-bond acceptors (Lipinski definition) is 1. The Morgan fingerprint density at radius 1 is 0.926 bits per heavy atom. The van der Waals surface area contributed by atoms with Crippen LogP contribution in [0.1, 0.15) is 17.3 Å². The van der Waals surface area contributed by atoms with E-state index in [1.165, 1.54) is 29.2 Å². The van der Waals surface area contributed by atoms with Gasteiger partial charge in [-0.25, -0.2) is 18.0 Å². The summed E-state index contributed by atoms with van der Waals surface area (Å²) < 4.78 is 43.0. The first kappa shape index (κ1) is 17.2. The number of anilines is 1. The molecule has 3 aromatic rings. The van der Waals surface area contributed by atoms with Crippen LogP contribution in [0.4, 0.5) is 23.7 Å². The van der Waals surface area contributed by atoms with Crippen molar-refractivity contribution < 1.29 is 18.0 Å². The average Bonchev–Trinajstić information content (AvgIpc) is 3.14. The van der Waals surface area contributed by atoms with Crippen LogP contribution in [0, 0.1) is 17.5 Å². The lowest BCUT2D eigenvalue weighted by molar-refractivity contribution is 0.181. The Kier molecular flexibility index (Phi) is 4.35. The molecule has 27 heavy (non-hydrogen) atoms. The zero-order chi connectivity index (χ0) is 19.0. The maximum absolute atomic E-state index is 13.9. The van der Waals surface area contributed by atoms with Crippen molar-refractivity contribution in [1.82, 2.24) is 9.47 Å². The summed E-state index contributed by atoms with van der Waals surface area (Å²) in [6.45, 7) is 0.888. The Morgan fingerprint density at radius 2 is 1.74 bits per heavy atom. The van der Waals surface area contributed by atoms with Crippen molar-refractivity contribution in [2.24, 2.45) is 0 Å².